The summed E-state index contributed by atoms with van der Waals surface area (Å²) in [5.74, 6) is 1.49. The Bertz CT molecular complexity index is 1710. The van der Waals surface area contributed by atoms with Gasteiger partial charge in [-0.25, -0.2) is 4.68 Å². The second-order valence-electron chi connectivity index (χ2n) is 11.0. The predicted octanol–water partition coefficient (Wildman–Crippen LogP) is 4.00. The third-order valence-corrected chi connectivity index (χ3v) is 7.77. The van der Waals surface area contributed by atoms with E-state index in [-0.39, 0.29) is 17.9 Å². The van der Waals surface area contributed by atoms with Crippen molar-refractivity contribution < 1.29 is 4.79 Å². The summed E-state index contributed by atoms with van der Waals surface area (Å²) in [6.07, 6.45) is 7.52. The molecule has 0 unspecified atom stereocenters. The second kappa shape index (κ2) is 11.6. The van der Waals surface area contributed by atoms with E-state index >= 15 is 0 Å². The molecule has 1 aliphatic heterocycles. The third-order valence-electron chi connectivity index (χ3n) is 7.77. The van der Waals surface area contributed by atoms with Gasteiger partial charge in [-0.3, -0.25) is 4.79 Å². The van der Waals surface area contributed by atoms with Crippen LogP contribution < -0.4 is 21.3 Å². The summed E-state index contributed by atoms with van der Waals surface area (Å²) in [7, 11) is 1.63. The fourth-order valence-electron chi connectivity index (χ4n) is 5.29. The number of nitrogens with zero attached hydrogens (tertiary/aromatic N) is 7. The van der Waals surface area contributed by atoms with E-state index in [4.69, 9.17) is 15.7 Å². The van der Waals surface area contributed by atoms with Gasteiger partial charge in [-0.1, -0.05) is 44.2 Å². The summed E-state index contributed by atoms with van der Waals surface area (Å²) < 4.78 is 3.66. The molecule has 11 heteroatoms. The van der Waals surface area contributed by atoms with Gasteiger partial charge in [0.2, 0.25) is 11.9 Å². The summed E-state index contributed by atoms with van der Waals surface area (Å²) in [5.41, 5.74) is 12.5. The summed E-state index contributed by atoms with van der Waals surface area (Å²) >= 11 is 0. The van der Waals surface area contributed by atoms with E-state index < -0.39 is 0 Å². The van der Waals surface area contributed by atoms with E-state index in [0.717, 1.165) is 59.5 Å². The normalized spacial score (nSPS) is 14.1. The molecule has 1 amide bonds. The lowest BCUT2D eigenvalue weighted by Crippen LogP contribution is -2.40. The highest BCUT2D eigenvalue weighted by molar-refractivity contribution is 5.95. The molecule has 11 nitrogen and oxygen atoms in total. The summed E-state index contributed by atoms with van der Waals surface area (Å²) in [6, 6.07) is 15.9. The van der Waals surface area contributed by atoms with Gasteiger partial charge in [0, 0.05) is 55.6 Å². The van der Waals surface area contributed by atoms with Crippen LogP contribution in [0.4, 0.5) is 11.9 Å². The quantitative estimate of drug-likeness (QED) is 0.258. The number of hydrogen-bond donors (Lipinski definition) is 3. The molecule has 1 aliphatic rings. The maximum Gasteiger partial charge on any atom is 0.251 e. The number of aromatic nitrogens is 6. The summed E-state index contributed by atoms with van der Waals surface area (Å²) in [4.78, 5) is 24.2. The Balaban J connectivity index is 1.29. The van der Waals surface area contributed by atoms with Gasteiger partial charge >= 0.3 is 0 Å². The molecule has 1 fully saturated rings. The molecule has 4 N–H and O–H groups in total. The molecular formula is C31H36N10O. The van der Waals surface area contributed by atoms with Gasteiger partial charge in [0.25, 0.3) is 5.91 Å². The van der Waals surface area contributed by atoms with Crippen molar-refractivity contribution in [1.29, 1.82) is 0 Å². The van der Waals surface area contributed by atoms with Gasteiger partial charge in [-0.15, -0.1) is 0 Å². The van der Waals surface area contributed by atoms with E-state index in [1.165, 1.54) is 0 Å². The third kappa shape index (κ3) is 5.42. The number of anilines is 2. The molecule has 0 spiro atoms. The number of carbonyl (C=O) groups is 1. The van der Waals surface area contributed by atoms with E-state index in [1.54, 1.807) is 17.6 Å². The molecular weight excluding hydrogens is 528 g/mol. The average Bonchev–Trinajstić information content (AvgIpc) is 3.68. The molecule has 0 saturated carbocycles. The Morgan fingerprint density at radius 2 is 1.83 bits per heavy atom. The highest BCUT2D eigenvalue weighted by Gasteiger charge is 2.22. The Morgan fingerprint density at radius 3 is 2.62 bits per heavy atom. The van der Waals surface area contributed by atoms with Crippen molar-refractivity contribution in [3.05, 3.63) is 83.8 Å². The largest absolute Gasteiger partial charge is 0.355 e. The van der Waals surface area contributed by atoms with E-state index in [9.17, 15) is 4.79 Å². The number of benzene rings is 2. The first-order valence-corrected chi connectivity index (χ1v) is 14.4. The molecule has 2 aromatic carbocycles. The molecule has 4 heterocycles. The molecule has 0 atom stereocenters. The second-order valence-corrected chi connectivity index (χ2v) is 11.0. The number of nitrogens with one attached hydrogen (secondary N) is 2. The maximum absolute atomic E-state index is 12.1. The van der Waals surface area contributed by atoms with Crippen LogP contribution >= 0.6 is 0 Å². The Labute approximate surface area is 244 Å². The van der Waals surface area contributed by atoms with Crippen LogP contribution in [0.2, 0.25) is 0 Å². The molecule has 0 radical (unpaired) electrons. The van der Waals surface area contributed by atoms with Crippen molar-refractivity contribution in [1.82, 2.24) is 34.7 Å². The first-order valence-electron chi connectivity index (χ1n) is 14.4. The lowest BCUT2D eigenvalue weighted by atomic mass is 10.1. The number of hydrogen-bond acceptors (Lipinski definition) is 8. The zero-order valence-corrected chi connectivity index (χ0v) is 24.2. The SMILES string of the molecule is CNC(=O)c1cccc(-c2cnn(-c3ccccc3CNc3nc(N4CCC(N)CC4)nc4c(C(C)C)cnn34)c2)c1. The minimum absolute atomic E-state index is 0.121. The fraction of sp³-hybridized carbons (Fsp3) is 0.323. The Morgan fingerprint density at radius 1 is 1.02 bits per heavy atom. The zero-order chi connectivity index (χ0) is 29.2. The van der Waals surface area contributed by atoms with Crippen molar-refractivity contribution in [2.45, 2.75) is 45.2 Å². The molecule has 3 aromatic heterocycles. The molecule has 1 saturated heterocycles. The summed E-state index contributed by atoms with van der Waals surface area (Å²) in [6.45, 7) is 6.46. The number of carbonyl (C=O) groups excluding carboxylic acids is 1. The Hall–Kier alpha value is -4.77. The number of amides is 1. The van der Waals surface area contributed by atoms with E-state index in [0.29, 0.717) is 24.0 Å². The molecule has 5 aromatic rings. The van der Waals surface area contributed by atoms with E-state index in [1.807, 2.05) is 59.7 Å². The smallest absolute Gasteiger partial charge is 0.251 e. The molecule has 6 rings (SSSR count). The van der Waals surface area contributed by atoms with Gasteiger partial charge in [0.05, 0.1) is 18.1 Å². The van der Waals surface area contributed by atoms with Crippen LogP contribution in [0.25, 0.3) is 22.5 Å². The van der Waals surface area contributed by atoms with Crippen LogP contribution in [-0.2, 0) is 6.54 Å². The number of piperidine rings is 1. The van der Waals surface area contributed by atoms with Crippen molar-refractivity contribution in [2.24, 2.45) is 5.73 Å². The lowest BCUT2D eigenvalue weighted by Gasteiger charge is -2.30. The van der Waals surface area contributed by atoms with Gasteiger partial charge in [0.1, 0.15) is 0 Å². The Kier molecular flexibility index (Phi) is 7.58. The van der Waals surface area contributed by atoms with Gasteiger partial charge in [-0.05, 0) is 48.1 Å². The monoisotopic (exact) mass is 564 g/mol. The van der Waals surface area contributed by atoms with Crippen LogP contribution in [-0.4, -0.2) is 61.4 Å². The van der Waals surface area contributed by atoms with Crippen LogP contribution in [0.15, 0.2) is 67.1 Å². The highest BCUT2D eigenvalue weighted by atomic mass is 16.1. The van der Waals surface area contributed by atoms with Crippen molar-refractivity contribution in [2.75, 3.05) is 30.4 Å². The minimum Gasteiger partial charge on any atom is -0.355 e. The number of rotatable bonds is 8. The predicted molar refractivity (Wildman–Crippen MR) is 164 cm³/mol. The first kappa shape index (κ1) is 27.4. The fourth-order valence-corrected chi connectivity index (χ4v) is 5.29. The number of nitrogens with two attached hydrogens (primary N) is 1. The zero-order valence-electron chi connectivity index (χ0n) is 24.2. The highest BCUT2D eigenvalue weighted by Crippen LogP contribution is 2.26. The van der Waals surface area contributed by atoms with Crippen LogP contribution in [0.1, 0.15) is 54.1 Å². The molecule has 42 heavy (non-hydrogen) atoms. The van der Waals surface area contributed by atoms with Crippen LogP contribution in [0, 0.1) is 0 Å². The maximum atomic E-state index is 12.1. The molecule has 0 bridgehead atoms. The van der Waals surface area contributed by atoms with Crippen molar-refractivity contribution in [3.63, 3.8) is 0 Å². The van der Waals surface area contributed by atoms with Gasteiger partial charge < -0.3 is 21.3 Å². The van der Waals surface area contributed by atoms with Crippen LogP contribution in [0.5, 0.6) is 0 Å². The van der Waals surface area contributed by atoms with E-state index in [2.05, 4.69) is 45.6 Å². The lowest BCUT2D eigenvalue weighted by molar-refractivity contribution is 0.0963. The average molecular weight is 565 g/mol. The van der Waals surface area contributed by atoms with Gasteiger partial charge in [0.15, 0.2) is 5.65 Å². The number of fused-ring (bicyclic) bond motifs is 1. The standard InChI is InChI=1S/C31H36N10O/c1-20(2)26-18-36-41-28(26)37-31(39-13-11-25(32)12-14-39)38-30(41)34-16-23-7-4-5-10-27(23)40-19-24(17-35-40)21-8-6-9-22(15-21)29(42)33-3/h4-10,15,17-20,25H,11-14,16,32H2,1-3H3,(H,33,42)(H,34,37,38). The van der Waals surface area contributed by atoms with Crippen molar-refractivity contribution in [3.8, 4) is 16.8 Å². The molecule has 0 aliphatic carbocycles. The molecule has 216 valence electrons. The number of para-hydroxylation sites is 1. The van der Waals surface area contributed by atoms with Crippen LogP contribution in [0.3, 0.4) is 0 Å². The van der Waals surface area contributed by atoms with Crippen molar-refractivity contribution >= 4 is 23.5 Å². The van der Waals surface area contributed by atoms with Gasteiger partial charge in [-0.2, -0.15) is 24.7 Å². The first-order chi connectivity index (χ1) is 20.4. The minimum atomic E-state index is -0.121. The summed E-state index contributed by atoms with van der Waals surface area (Å²) in [5, 5.41) is 15.5. The topological polar surface area (TPSA) is 131 Å².